The monoisotopic (exact) mass is 530 g/mol. The molecule has 2 N–H and O–H groups in total. The number of halogens is 1. The molecule has 0 amide bonds. The molecule has 4 aromatic heterocycles. The van der Waals surface area contributed by atoms with E-state index < -0.39 is 18.0 Å². The molecular formula is C28H27FN6O4. The van der Waals surface area contributed by atoms with Crippen LogP contribution in [0.15, 0.2) is 63.0 Å². The van der Waals surface area contributed by atoms with Crippen LogP contribution >= 0.6 is 0 Å². The predicted molar refractivity (Wildman–Crippen MR) is 145 cm³/mol. The van der Waals surface area contributed by atoms with Crippen LogP contribution in [0.4, 0.5) is 15.9 Å². The molecule has 1 aromatic carbocycles. The lowest BCUT2D eigenvalue weighted by molar-refractivity contribution is 0.281. The summed E-state index contributed by atoms with van der Waals surface area (Å²) in [6, 6.07) is 8.02. The number of rotatable bonds is 5. The first-order chi connectivity index (χ1) is 18.5. The van der Waals surface area contributed by atoms with E-state index >= 15 is 4.39 Å². The molecule has 5 rings (SSSR count). The van der Waals surface area contributed by atoms with Crippen molar-refractivity contribution in [3.05, 3.63) is 92.3 Å². The molecule has 4 heterocycles. The molecule has 0 spiro atoms. The number of pyridine rings is 2. The number of aryl methyl sites for hydroxylation is 2. The Labute approximate surface area is 222 Å². The van der Waals surface area contributed by atoms with Crippen LogP contribution in [0.1, 0.15) is 37.7 Å². The van der Waals surface area contributed by atoms with E-state index in [2.05, 4.69) is 20.6 Å². The van der Waals surface area contributed by atoms with Gasteiger partial charge < -0.3 is 19.5 Å². The van der Waals surface area contributed by atoms with Crippen molar-refractivity contribution < 1.29 is 14.0 Å². The summed E-state index contributed by atoms with van der Waals surface area (Å²) in [5.74, 6) is 0.336. The van der Waals surface area contributed by atoms with Crippen molar-refractivity contribution in [1.82, 2.24) is 24.5 Å². The van der Waals surface area contributed by atoms with E-state index in [-0.39, 0.29) is 33.4 Å². The quantitative estimate of drug-likeness (QED) is 0.347. The number of aromatic nitrogens is 5. The second-order valence-corrected chi connectivity index (χ2v) is 10.4. The predicted octanol–water partition coefficient (Wildman–Crippen LogP) is 4.12. The number of fused-ring (bicyclic) bond motifs is 1. The third-order valence-corrected chi connectivity index (χ3v) is 6.48. The number of nitrogens with zero attached hydrogens (tertiary/aromatic N) is 5. The average Bonchev–Trinajstić information content (AvgIpc) is 3.30. The Morgan fingerprint density at radius 2 is 1.90 bits per heavy atom. The minimum absolute atomic E-state index is 0.0525. The average molecular weight is 531 g/mol. The summed E-state index contributed by atoms with van der Waals surface area (Å²) in [7, 11) is 1.59. The van der Waals surface area contributed by atoms with E-state index in [4.69, 9.17) is 4.52 Å². The molecule has 0 aliphatic rings. The Balaban J connectivity index is 1.66. The molecule has 0 unspecified atom stereocenters. The second-order valence-electron chi connectivity index (χ2n) is 10.4. The molecule has 0 atom stereocenters. The zero-order chi connectivity index (χ0) is 28.1. The SMILES string of the molecule is Cc1cc(Nc2cc(-c3ccnc(-n4ncc5cc(C(C)(C)C)cc(F)c5c4=O)c3CO)cn(C)c2=O)no1. The summed E-state index contributed by atoms with van der Waals surface area (Å²) in [6.07, 6.45) is 4.48. The Morgan fingerprint density at radius 1 is 1.13 bits per heavy atom. The molecule has 200 valence electrons. The Kier molecular flexibility index (Phi) is 6.39. The Morgan fingerprint density at radius 3 is 2.56 bits per heavy atom. The maximum atomic E-state index is 15.2. The van der Waals surface area contributed by atoms with Gasteiger partial charge in [-0.25, -0.2) is 9.37 Å². The van der Waals surface area contributed by atoms with Crippen LogP contribution in [-0.2, 0) is 19.1 Å². The van der Waals surface area contributed by atoms with Crippen LogP contribution in [0.3, 0.4) is 0 Å². The molecule has 0 saturated heterocycles. The van der Waals surface area contributed by atoms with E-state index in [1.54, 1.807) is 44.4 Å². The van der Waals surface area contributed by atoms with Crippen molar-refractivity contribution in [2.75, 3.05) is 5.32 Å². The largest absolute Gasteiger partial charge is 0.392 e. The summed E-state index contributed by atoms with van der Waals surface area (Å²) in [6.45, 7) is 7.11. The first-order valence-corrected chi connectivity index (χ1v) is 12.2. The van der Waals surface area contributed by atoms with Gasteiger partial charge in [-0.1, -0.05) is 25.9 Å². The van der Waals surface area contributed by atoms with Gasteiger partial charge in [-0.3, -0.25) is 9.59 Å². The number of hydrogen-bond donors (Lipinski definition) is 2. The molecule has 0 saturated carbocycles. The lowest BCUT2D eigenvalue weighted by Gasteiger charge is -2.20. The van der Waals surface area contributed by atoms with Crippen molar-refractivity contribution in [2.45, 2.75) is 39.7 Å². The minimum atomic E-state index is -0.700. The van der Waals surface area contributed by atoms with Crippen LogP contribution < -0.4 is 16.4 Å². The summed E-state index contributed by atoms with van der Waals surface area (Å²) < 4.78 is 22.6. The highest BCUT2D eigenvalue weighted by atomic mass is 19.1. The van der Waals surface area contributed by atoms with Crippen molar-refractivity contribution in [3.8, 4) is 16.9 Å². The maximum Gasteiger partial charge on any atom is 0.283 e. The van der Waals surface area contributed by atoms with Gasteiger partial charge in [0.1, 0.15) is 17.3 Å². The number of aliphatic hydroxyl groups excluding tert-OH is 1. The normalized spacial score (nSPS) is 11.8. The molecule has 0 aliphatic carbocycles. The van der Waals surface area contributed by atoms with E-state index in [1.165, 1.54) is 23.0 Å². The van der Waals surface area contributed by atoms with E-state index in [9.17, 15) is 14.7 Å². The molecule has 39 heavy (non-hydrogen) atoms. The fourth-order valence-corrected chi connectivity index (χ4v) is 4.42. The van der Waals surface area contributed by atoms with E-state index in [0.717, 1.165) is 10.2 Å². The van der Waals surface area contributed by atoms with Gasteiger partial charge in [0.05, 0.1) is 18.2 Å². The van der Waals surface area contributed by atoms with Gasteiger partial charge in [-0.15, -0.1) is 0 Å². The van der Waals surface area contributed by atoms with Gasteiger partial charge in [0, 0.05) is 42.0 Å². The lowest BCUT2D eigenvalue weighted by Crippen LogP contribution is -2.25. The summed E-state index contributed by atoms with van der Waals surface area (Å²) >= 11 is 0. The van der Waals surface area contributed by atoms with Crippen LogP contribution in [0.2, 0.25) is 0 Å². The fourth-order valence-electron chi connectivity index (χ4n) is 4.42. The summed E-state index contributed by atoms with van der Waals surface area (Å²) in [5.41, 5.74) is 0.980. The van der Waals surface area contributed by atoms with Gasteiger partial charge in [-0.05, 0) is 47.7 Å². The van der Waals surface area contributed by atoms with Crippen LogP contribution in [0.25, 0.3) is 27.7 Å². The summed E-state index contributed by atoms with van der Waals surface area (Å²) in [4.78, 5) is 30.5. The van der Waals surface area contributed by atoms with Crippen molar-refractivity contribution in [1.29, 1.82) is 0 Å². The first kappa shape index (κ1) is 26.0. The third kappa shape index (κ3) is 4.72. The summed E-state index contributed by atoms with van der Waals surface area (Å²) in [5, 5.41) is 21.7. The molecule has 10 nitrogen and oxygen atoms in total. The number of benzene rings is 1. The van der Waals surface area contributed by atoms with Crippen LogP contribution in [-0.4, -0.2) is 29.6 Å². The first-order valence-electron chi connectivity index (χ1n) is 12.2. The second kappa shape index (κ2) is 9.59. The van der Waals surface area contributed by atoms with Gasteiger partial charge in [0.2, 0.25) is 0 Å². The molecule has 0 fully saturated rings. The maximum absolute atomic E-state index is 15.2. The van der Waals surface area contributed by atoms with Crippen molar-refractivity contribution in [3.63, 3.8) is 0 Å². The molecule has 0 bridgehead atoms. The van der Waals surface area contributed by atoms with E-state index in [1.807, 2.05) is 20.8 Å². The smallest absolute Gasteiger partial charge is 0.283 e. The molecule has 5 aromatic rings. The van der Waals surface area contributed by atoms with Crippen LogP contribution in [0, 0.1) is 12.7 Å². The topological polar surface area (TPSA) is 128 Å². The number of hydrogen-bond acceptors (Lipinski definition) is 8. The third-order valence-electron chi connectivity index (χ3n) is 6.48. The molecular weight excluding hydrogens is 503 g/mol. The number of nitrogens with one attached hydrogen (secondary N) is 1. The standard InChI is InChI=1S/C28H27FN6O4/c1-15-8-23(33-39-15)32-22-10-17(13-34(5)26(22)37)19-6-7-30-25(20(19)14-36)35-27(38)24-16(12-31-35)9-18(11-21(24)29)28(2,3)4/h6-13,36H,14H2,1-5H3,(H,32,33). The Hall–Kier alpha value is -4.64. The molecule has 0 radical (unpaired) electrons. The van der Waals surface area contributed by atoms with Crippen molar-refractivity contribution in [2.24, 2.45) is 7.05 Å². The van der Waals surface area contributed by atoms with Gasteiger partial charge in [0.15, 0.2) is 11.6 Å². The minimum Gasteiger partial charge on any atom is -0.392 e. The van der Waals surface area contributed by atoms with E-state index in [0.29, 0.717) is 28.1 Å². The highest BCUT2D eigenvalue weighted by Crippen LogP contribution is 2.30. The van der Waals surface area contributed by atoms with Crippen molar-refractivity contribution >= 4 is 22.3 Å². The number of aliphatic hydroxyl groups is 1. The molecule has 11 heteroatoms. The highest BCUT2D eigenvalue weighted by molar-refractivity contribution is 5.83. The zero-order valence-electron chi connectivity index (χ0n) is 22.1. The highest BCUT2D eigenvalue weighted by Gasteiger charge is 2.21. The fraction of sp³-hybridized carbons (Fsp3) is 0.250. The Bertz CT molecular complexity index is 1850. The lowest BCUT2D eigenvalue weighted by atomic mass is 9.86. The zero-order valence-corrected chi connectivity index (χ0v) is 22.1. The molecule has 0 aliphatic heterocycles. The van der Waals surface area contributed by atoms with Gasteiger partial charge >= 0.3 is 0 Å². The van der Waals surface area contributed by atoms with Gasteiger partial charge in [0.25, 0.3) is 11.1 Å². The van der Waals surface area contributed by atoms with Gasteiger partial charge in [-0.2, -0.15) is 9.78 Å². The van der Waals surface area contributed by atoms with Crippen LogP contribution in [0.5, 0.6) is 0 Å². The number of anilines is 2.